The number of aldehydes is 1. The zero-order valence-electron chi connectivity index (χ0n) is 9.10. The van der Waals surface area contributed by atoms with E-state index >= 15 is 0 Å². The minimum atomic E-state index is 0.709. The lowest BCUT2D eigenvalue weighted by molar-refractivity contribution is 0.112. The fraction of sp³-hybridized carbons (Fsp3) is 0.0714. The molecule has 0 atom stereocenters. The van der Waals surface area contributed by atoms with Crippen LogP contribution in [0.25, 0.3) is 0 Å². The number of hydrogen-bond acceptors (Lipinski definition) is 2. The summed E-state index contributed by atoms with van der Waals surface area (Å²) in [4.78, 5) is 11.7. The molecule has 0 aliphatic rings. The van der Waals surface area contributed by atoms with E-state index in [-0.39, 0.29) is 0 Å². The Hall–Kier alpha value is -1.25. The zero-order valence-corrected chi connectivity index (χ0v) is 10.7. The molecule has 0 unspecified atom stereocenters. The van der Waals surface area contributed by atoms with Gasteiger partial charge in [0, 0.05) is 21.2 Å². The Labute approximate surface area is 110 Å². The molecule has 0 aromatic heterocycles. The van der Waals surface area contributed by atoms with Crippen molar-refractivity contribution in [3.05, 3.63) is 64.7 Å². The number of thioether (sulfide) groups is 1. The lowest BCUT2D eigenvalue weighted by atomic mass is 10.2. The van der Waals surface area contributed by atoms with Crippen LogP contribution in [0.1, 0.15) is 15.9 Å². The molecular formula is C14H11ClOS. The average molecular weight is 263 g/mol. The molecule has 86 valence electrons. The first kappa shape index (κ1) is 12.2. The van der Waals surface area contributed by atoms with Gasteiger partial charge in [0.15, 0.2) is 0 Å². The minimum Gasteiger partial charge on any atom is -0.298 e. The zero-order chi connectivity index (χ0) is 12.1. The number of carbonyl (C=O) groups excluding carboxylic acids is 1. The summed E-state index contributed by atoms with van der Waals surface area (Å²) in [6.45, 7) is 0. The summed E-state index contributed by atoms with van der Waals surface area (Å²) in [6.07, 6.45) is 0.865. The highest BCUT2D eigenvalue weighted by Crippen LogP contribution is 2.24. The van der Waals surface area contributed by atoms with E-state index in [0.717, 1.165) is 22.0 Å². The smallest absolute Gasteiger partial charge is 0.150 e. The Morgan fingerprint density at radius 1 is 1.12 bits per heavy atom. The maximum atomic E-state index is 10.7. The van der Waals surface area contributed by atoms with Gasteiger partial charge in [0.25, 0.3) is 0 Å². The lowest BCUT2D eigenvalue weighted by Crippen LogP contribution is -1.82. The SMILES string of the molecule is O=Cc1cccc(SCc2cccc(Cl)c2)c1. The predicted octanol–water partition coefficient (Wildman–Crippen LogP) is 4.44. The van der Waals surface area contributed by atoms with E-state index in [1.165, 1.54) is 5.56 Å². The summed E-state index contributed by atoms with van der Waals surface area (Å²) in [7, 11) is 0. The summed E-state index contributed by atoms with van der Waals surface area (Å²) in [6, 6.07) is 15.4. The normalized spacial score (nSPS) is 10.2. The summed E-state index contributed by atoms with van der Waals surface area (Å²) < 4.78 is 0. The number of halogens is 1. The fourth-order valence-corrected chi connectivity index (χ4v) is 2.59. The first-order chi connectivity index (χ1) is 8.28. The number of carbonyl (C=O) groups is 1. The van der Waals surface area contributed by atoms with Gasteiger partial charge in [0.1, 0.15) is 6.29 Å². The van der Waals surface area contributed by atoms with Crippen molar-refractivity contribution in [2.45, 2.75) is 10.6 Å². The second kappa shape index (κ2) is 5.89. The maximum absolute atomic E-state index is 10.7. The van der Waals surface area contributed by atoms with Crippen LogP contribution in [0.5, 0.6) is 0 Å². The molecule has 0 radical (unpaired) electrons. The molecule has 0 saturated carbocycles. The van der Waals surface area contributed by atoms with E-state index in [9.17, 15) is 4.79 Å². The third-order valence-electron chi connectivity index (χ3n) is 2.29. The first-order valence-electron chi connectivity index (χ1n) is 5.20. The molecule has 2 rings (SSSR count). The Morgan fingerprint density at radius 2 is 1.94 bits per heavy atom. The van der Waals surface area contributed by atoms with Crippen molar-refractivity contribution in [1.29, 1.82) is 0 Å². The molecule has 0 saturated heterocycles. The highest BCUT2D eigenvalue weighted by Gasteiger charge is 1.98. The topological polar surface area (TPSA) is 17.1 Å². The van der Waals surface area contributed by atoms with E-state index in [4.69, 9.17) is 11.6 Å². The monoisotopic (exact) mass is 262 g/mol. The second-order valence-corrected chi connectivity index (χ2v) is 5.09. The molecule has 0 fully saturated rings. The van der Waals surface area contributed by atoms with E-state index in [1.807, 2.05) is 42.5 Å². The van der Waals surface area contributed by atoms with Crippen LogP contribution in [0.15, 0.2) is 53.4 Å². The molecule has 17 heavy (non-hydrogen) atoms. The van der Waals surface area contributed by atoms with E-state index in [2.05, 4.69) is 0 Å². The van der Waals surface area contributed by atoms with Crippen molar-refractivity contribution in [3.8, 4) is 0 Å². The van der Waals surface area contributed by atoms with E-state index in [0.29, 0.717) is 5.56 Å². The van der Waals surface area contributed by atoms with Crippen LogP contribution in [0.2, 0.25) is 5.02 Å². The highest BCUT2D eigenvalue weighted by molar-refractivity contribution is 7.98. The standard InChI is InChI=1S/C14H11ClOS/c15-13-5-1-4-12(7-13)10-17-14-6-2-3-11(8-14)9-16/h1-9H,10H2. The fourth-order valence-electron chi connectivity index (χ4n) is 1.47. The van der Waals surface area contributed by atoms with Crippen LogP contribution in [0, 0.1) is 0 Å². The van der Waals surface area contributed by atoms with Crippen molar-refractivity contribution in [1.82, 2.24) is 0 Å². The van der Waals surface area contributed by atoms with E-state index < -0.39 is 0 Å². The van der Waals surface area contributed by atoms with Gasteiger partial charge in [-0.05, 0) is 29.8 Å². The molecule has 0 amide bonds. The van der Waals surface area contributed by atoms with Gasteiger partial charge in [-0.15, -0.1) is 11.8 Å². The highest BCUT2D eigenvalue weighted by atomic mass is 35.5. The first-order valence-corrected chi connectivity index (χ1v) is 6.57. The molecule has 1 nitrogen and oxygen atoms in total. The molecule has 0 N–H and O–H groups in total. The summed E-state index contributed by atoms with van der Waals surface area (Å²) in [5.41, 5.74) is 1.89. The molecule has 2 aromatic rings. The maximum Gasteiger partial charge on any atom is 0.150 e. The number of benzene rings is 2. The third kappa shape index (κ3) is 3.62. The van der Waals surface area contributed by atoms with Gasteiger partial charge in [0.05, 0.1) is 0 Å². The van der Waals surface area contributed by atoms with Gasteiger partial charge in [-0.2, -0.15) is 0 Å². The lowest BCUT2D eigenvalue weighted by Gasteiger charge is -2.03. The van der Waals surface area contributed by atoms with Gasteiger partial charge < -0.3 is 0 Å². The molecular weight excluding hydrogens is 252 g/mol. The van der Waals surface area contributed by atoms with Gasteiger partial charge >= 0.3 is 0 Å². The Morgan fingerprint density at radius 3 is 2.71 bits per heavy atom. The van der Waals surface area contributed by atoms with Crippen molar-refractivity contribution in [2.24, 2.45) is 0 Å². The minimum absolute atomic E-state index is 0.709. The number of hydrogen-bond donors (Lipinski definition) is 0. The van der Waals surface area contributed by atoms with Crippen molar-refractivity contribution >= 4 is 29.6 Å². The van der Waals surface area contributed by atoms with Crippen LogP contribution in [0.4, 0.5) is 0 Å². The van der Waals surface area contributed by atoms with Crippen LogP contribution in [0.3, 0.4) is 0 Å². The van der Waals surface area contributed by atoms with Gasteiger partial charge in [-0.3, -0.25) is 4.79 Å². The molecule has 0 bridgehead atoms. The van der Waals surface area contributed by atoms with Crippen molar-refractivity contribution < 1.29 is 4.79 Å². The molecule has 0 aliphatic heterocycles. The van der Waals surface area contributed by atoms with Crippen molar-refractivity contribution in [3.63, 3.8) is 0 Å². The Kier molecular flexibility index (Phi) is 4.24. The molecule has 0 spiro atoms. The Bertz CT molecular complexity index is 525. The van der Waals surface area contributed by atoms with Crippen LogP contribution < -0.4 is 0 Å². The second-order valence-electron chi connectivity index (χ2n) is 3.61. The Balaban J connectivity index is 2.04. The summed E-state index contributed by atoms with van der Waals surface area (Å²) in [5, 5.41) is 0.754. The molecule has 0 aliphatic carbocycles. The third-order valence-corrected chi connectivity index (χ3v) is 3.59. The summed E-state index contributed by atoms with van der Waals surface area (Å²) >= 11 is 7.61. The summed E-state index contributed by atoms with van der Waals surface area (Å²) in [5.74, 6) is 0.850. The van der Waals surface area contributed by atoms with Crippen LogP contribution >= 0.6 is 23.4 Å². The van der Waals surface area contributed by atoms with Gasteiger partial charge in [-0.25, -0.2) is 0 Å². The molecule has 2 aromatic carbocycles. The van der Waals surface area contributed by atoms with Gasteiger partial charge in [0.2, 0.25) is 0 Å². The largest absolute Gasteiger partial charge is 0.298 e. The predicted molar refractivity (Wildman–Crippen MR) is 72.8 cm³/mol. The quantitative estimate of drug-likeness (QED) is 0.598. The average Bonchev–Trinajstić information content (AvgIpc) is 2.37. The molecule has 3 heteroatoms. The van der Waals surface area contributed by atoms with Gasteiger partial charge in [-0.1, -0.05) is 35.9 Å². The van der Waals surface area contributed by atoms with E-state index in [1.54, 1.807) is 17.8 Å². The van der Waals surface area contributed by atoms with Crippen LogP contribution in [-0.2, 0) is 5.75 Å². The molecule has 0 heterocycles. The van der Waals surface area contributed by atoms with Crippen molar-refractivity contribution in [2.75, 3.05) is 0 Å². The number of rotatable bonds is 4. The van der Waals surface area contributed by atoms with Crippen LogP contribution in [-0.4, -0.2) is 6.29 Å².